The highest BCUT2D eigenvalue weighted by atomic mass is 79.9. The maximum atomic E-state index is 12.6. The third-order valence-corrected chi connectivity index (χ3v) is 3.43. The molecule has 0 spiro atoms. The minimum atomic E-state index is 0.0650. The van der Waals surface area contributed by atoms with Crippen molar-refractivity contribution in [2.24, 2.45) is 0 Å². The van der Waals surface area contributed by atoms with Crippen molar-refractivity contribution in [1.29, 1.82) is 0 Å². The first-order valence-corrected chi connectivity index (χ1v) is 8.21. The van der Waals surface area contributed by atoms with Crippen LogP contribution in [0.2, 0.25) is 0 Å². The number of carbonyl (C=O) groups is 1. The first kappa shape index (κ1) is 17.0. The number of hydrogen-bond acceptors (Lipinski definition) is 2. The first-order valence-electron chi connectivity index (χ1n) is 7.09. The van der Waals surface area contributed by atoms with E-state index < -0.39 is 0 Å². The number of carbonyl (C=O) groups excluding carboxylic acids is 1. The fourth-order valence-electron chi connectivity index (χ4n) is 1.96. The molecular formula is C16H24BrNO2. The summed E-state index contributed by atoms with van der Waals surface area (Å²) >= 11 is 3.41. The molecule has 0 aliphatic heterocycles. The average molecular weight is 342 g/mol. The average Bonchev–Trinajstić information content (AvgIpc) is 2.38. The maximum absolute atomic E-state index is 12.6. The van der Waals surface area contributed by atoms with Crippen LogP contribution in [-0.4, -0.2) is 34.8 Å². The Morgan fingerprint density at radius 3 is 2.55 bits per heavy atom. The Morgan fingerprint density at radius 2 is 2.00 bits per heavy atom. The molecule has 1 aromatic rings. The molecule has 0 unspecified atom stereocenters. The van der Waals surface area contributed by atoms with Gasteiger partial charge in [-0.25, -0.2) is 0 Å². The van der Waals surface area contributed by atoms with Crippen LogP contribution in [0.5, 0.6) is 5.75 Å². The molecule has 0 saturated heterocycles. The zero-order chi connectivity index (χ0) is 15.1. The van der Waals surface area contributed by atoms with Gasteiger partial charge >= 0.3 is 0 Å². The predicted molar refractivity (Wildman–Crippen MR) is 86.8 cm³/mol. The molecule has 0 atom stereocenters. The van der Waals surface area contributed by atoms with E-state index in [1.165, 1.54) is 0 Å². The van der Waals surface area contributed by atoms with Crippen LogP contribution >= 0.6 is 15.9 Å². The number of alkyl halides is 1. The lowest BCUT2D eigenvalue weighted by atomic mass is 10.1. The number of benzene rings is 1. The third kappa shape index (κ3) is 5.16. The molecule has 112 valence electrons. The van der Waals surface area contributed by atoms with E-state index in [4.69, 9.17) is 4.74 Å². The van der Waals surface area contributed by atoms with Crippen LogP contribution in [-0.2, 0) is 0 Å². The standard InChI is InChI=1S/C16H24BrNO2/c1-12(2)18(10-6-9-17)16(19)14-7-5-8-15(11-14)20-13(3)4/h5,7-8,11-13H,6,9-10H2,1-4H3. The van der Waals surface area contributed by atoms with Crippen LogP contribution in [0.4, 0.5) is 0 Å². The Labute approximate surface area is 130 Å². The summed E-state index contributed by atoms with van der Waals surface area (Å²) < 4.78 is 5.65. The molecule has 20 heavy (non-hydrogen) atoms. The molecule has 0 fully saturated rings. The molecule has 0 aromatic heterocycles. The van der Waals surface area contributed by atoms with Crippen molar-refractivity contribution in [2.45, 2.75) is 46.3 Å². The minimum absolute atomic E-state index is 0.0650. The zero-order valence-corrected chi connectivity index (χ0v) is 14.3. The second kappa shape index (κ2) is 8.30. The van der Waals surface area contributed by atoms with Crippen molar-refractivity contribution in [3.05, 3.63) is 29.8 Å². The highest BCUT2D eigenvalue weighted by molar-refractivity contribution is 9.09. The van der Waals surface area contributed by atoms with E-state index in [-0.39, 0.29) is 18.1 Å². The van der Waals surface area contributed by atoms with Crippen LogP contribution in [0.1, 0.15) is 44.5 Å². The third-order valence-electron chi connectivity index (χ3n) is 2.87. The summed E-state index contributed by atoms with van der Waals surface area (Å²) in [6, 6.07) is 7.62. The largest absolute Gasteiger partial charge is 0.491 e. The molecule has 1 amide bonds. The quantitative estimate of drug-likeness (QED) is 0.698. The fourth-order valence-corrected chi connectivity index (χ4v) is 2.22. The summed E-state index contributed by atoms with van der Waals surface area (Å²) in [5, 5.41) is 0.903. The predicted octanol–water partition coefficient (Wildman–Crippen LogP) is 4.11. The summed E-state index contributed by atoms with van der Waals surface area (Å²) in [4.78, 5) is 14.5. The molecule has 0 bridgehead atoms. The summed E-state index contributed by atoms with van der Waals surface area (Å²) in [5.74, 6) is 0.810. The van der Waals surface area contributed by atoms with Gasteiger partial charge in [0.2, 0.25) is 0 Å². The molecule has 0 aliphatic carbocycles. The molecule has 0 N–H and O–H groups in total. The van der Waals surface area contributed by atoms with Crippen molar-refractivity contribution in [3.63, 3.8) is 0 Å². The van der Waals surface area contributed by atoms with Gasteiger partial charge in [-0.15, -0.1) is 0 Å². The molecule has 0 heterocycles. The highest BCUT2D eigenvalue weighted by Gasteiger charge is 2.18. The number of nitrogens with zero attached hydrogens (tertiary/aromatic N) is 1. The van der Waals surface area contributed by atoms with Gasteiger partial charge in [0, 0.05) is 23.5 Å². The number of amides is 1. The minimum Gasteiger partial charge on any atom is -0.491 e. The van der Waals surface area contributed by atoms with Gasteiger partial charge in [-0.1, -0.05) is 22.0 Å². The van der Waals surface area contributed by atoms with E-state index in [0.29, 0.717) is 5.56 Å². The number of ether oxygens (including phenoxy) is 1. The van der Waals surface area contributed by atoms with Crippen LogP contribution in [0.25, 0.3) is 0 Å². The first-order chi connectivity index (χ1) is 9.45. The van der Waals surface area contributed by atoms with E-state index in [2.05, 4.69) is 15.9 Å². The van der Waals surface area contributed by atoms with Crippen molar-refractivity contribution in [3.8, 4) is 5.75 Å². The van der Waals surface area contributed by atoms with Crippen molar-refractivity contribution < 1.29 is 9.53 Å². The van der Waals surface area contributed by atoms with Crippen molar-refractivity contribution in [1.82, 2.24) is 4.90 Å². The van der Waals surface area contributed by atoms with Gasteiger partial charge in [0.15, 0.2) is 0 Å². The van der Waals surface area contributed by atoms with Gasteiger partial charge in [-0.05, 0) is 52.3 Å². The lowest BCUT2D eigenvalue weighted by Gasteiger charge is -2.27. The van der Waals surface area contributed by atoms with E-state index in [1.54, 1.807) is 0 Å². The molecule has 0 saturated carbocycles. The Morgan fingerprint density at radius 1 is 1.30 bits per heavy atom. The summed E-state index contributed by atoms with van der Waals surface area (Å²) in [6.45, 7) is 8.80. The second-order valence-electron chi connectivity index (χ2n) is 5.33. The second-order valence-corrected chi connectivity index (χ2v) is 6.12. The van der Waals surface area contributed by atoms with Crippen LogP contribution in [0, 0.1) is 0 Å². The molecule has 1 rings (SSSR count). The molecule has 1 aromatic carbocycles. The molecule has 3 nitrogen and oxygen atoms in total. The number of rotatable bonds is 7. The van der Waals surface area contributed by atoms with Crippen LogP contribution < -0.4 is 4.74 Å². The Kier molecular flexibility index (Phi) is 7.06. The fraction of sp³-hybridized carbons (Fsp3) is 0.562. The number of halogens is 1. The normalized spacial score (nSPS) is 10.9. The van der Waals surface area contributed by atoms with E-state index in [1.807, 2.05) is 56.9 Å². The molecule has 0 aliphatic rings. The topological polar surface area (TPSA) is 29.5 Å². The van der Waals surface area contributed by atoms with Gasteiger partial charge in [0.05, 0.1) is 6.10 Å². The lowest BCUT2D eigenvalue weighted by molar-refractivity contribution is 0.0706. The molecule has 0 radical (unpaired) electrons. The van der Waals surface area contributed by atoms with Crippen LogP contribution in [0.15, 0.2) is 24.3 Å². The van der Waals surface area contributed by atoms with Crippen molar-refractivity contribution >= 4 is 21.8 Å². The maximum Gasteiger partial charge on any atom is 0.254 e. The van der Waals surface area contributed by atoms with Gasteiger partial charge in [-0.2, -0.15) is 0 Å². The SMILES string of the molecule is CC(C)Oc1cccc(C(=O)N(CCCBr)C(C)C)c1. The highest BCUT2D eigenvalue weighted by Crippen LogP contribution is 2.17. The van der Waals surface area contributed by atoms with Gasteiger partial charge in [-0.3, -0.25) is 4.79 Å². The van der Waals surface area contributed by atoms with E-state index in [0.717, 1.165) is 24.0 Å². The zero-order valence-electron chi connectivity index (χ0n) is 12.7. The molecule has 4 heteroatoms. The number of hydrogen-bond donors (Lipinski definition) is 0. The summed E-state index contributed by atoms with van der Waals surface area (Å²) in [7, 11) is 0. The van der Waals surface area contributed by atoms with E-state index >= 15 is 0 Å². The van der Waals surface area contributed by atoms with Gasteiger partial charge in [0.25, 0.3) is 5.91 Å². The summed E-state index contributed by atoms with van der Waals surface area (Å²) in [6.07, 6.45) is 1.06. The molecular weight excluding hydrogens is 318 g/mol. The monoisotopic (exact) mass is 341 g/mol. The van der Waals surface area contributed by atoms with Crippen molar-refractivity contribution in [2.75, 3.05) is 11.9 Å². The summed E-state index contributed by atoms with van der Waals surface area (Å²) in [5.41, 5.74) is 0.687. The smallest absolute Gasteiger partial charge is 0.254 e. The van der Waals surface area contributed by atoms with E-state index in [9.17, 15) is 4.79 Å². The van der Waals surface area contributed by atoms with Gasteiger partial charge in [0.1, 0.15) is 5.75 Å². The van der Waals surface area contributed by atoms with Gasteiger partial charge < -0.3 is 9.64 Å². The Hall–Kier alpha value is -1.03. The Balaban J connectivity index is 2.88. The lowest BCUT2D eigenvalue weighted by Crippen LogP contribution is -2.37. The van der Waals surface area contributed by atoms with Crippen LogP contribution in [0.3, 0.4) is 0 Å². The Bertz CT molecular complexity index is 432.